The van der Waals surface area contributed by atoms with Gasteiger partial charge in [0.25, 0.3) is 5.91 Å². The van der Waals surface area contributed by atoms with Crippen molar-refractivity contribution in [3.8, 4) is 0 Å². The first-order valence-electron chi connectivity index (χ1n) is 8.31. The molecule has 0 aliphatic rings. The SMILES string of the molecule is CCc1ccccc1NC(=O)c1cnc(Nc2cc(Cl)ccc2C)nc1. The van der Waals surface area contributed by atoms with Crippen LogP contribution in [-0.4, -0.2) is 15.9 Å². The summed E-state index contributed by atoms with van der Waals surface area (Å²) in [5.74, 6) is 0.164. The van der Waals surface area contributed by atoms with Crippen molar-refractivity contribution in [1.82, 2.24) is 9.97 Å². The Kier molecular flexibility index (Phi) is 5.49. The van der Waals surface area contributed by atoms with Gasteiger partial charge in [-0.15, -0.1) is 0 Å². The van der Waals surface area contributed by atoms with E-state index in [0.717, 1.165) is 28.9 Å². The van der Waals surface area contributed by atoms with Crippen molar-refractivity contribution in [3.05, 3.63) is 76.6 Å². The maximum Gasteiger partial charge on any atom is 0.258 e. The van der Waals surface area contributed by atoms with Gasteiger partial charge in [-0.25, -0.2) is 9.97 Å². The summed E-state index contributed by atoms with van der Waals surface area (Å²) in [5, 5.41) is 6.64. The Morgan fingerprint density at radius 1 is 1.08 bits per heavy atom. The second-order valence-electron chi connectivity index (χ2n) is 5.84. The van der Waals surface area contributed by atoms with Crippen molar-refractivity contribution >= 4 is 34.8 Å². The van der Waals surface area contributed by atoms with Gasteiger partial charge in [0.15, 0.2) is 0 Å². The van der Waals surface area contributed by atoms with Crippen LogP contribution < -0.4 is 10.6 Å². The lowest BCUT2D eigenvalue weighted by Crippen LogP contribution is -2.14. The molecule has 0 saturated carbocycles. The van der Waals surface area contributed by atoms with Crippen molar-refractivity contribution in [1.29, 1.82) is 0 Å². The van der Waals surface area contributed by atoms with Crippen molar-refractivity contribution in [3.63, 3.8) is 0 Å². The molecule has 0 aliphatic heterocycles. The van der Waals surface area contributed by atoms with Gasteiger partial charge in [0, 0.05) is 28.8 Å². The van der Waals surface area contributed by atoms with Gasteiger partial charge in [0.2, 0.25) is 5.95 Å². The lowest BCUT2D eigenvalue weighted by Gasteiger charge is -2.10. The third-order valence-corrected chi connectivity index (χ3v) is 4.24. The monoisotopic (exact) mass is 366 g/mol. The largest absolute Gasteiger partial charge is 0.324 e. The van der Waals surface area contributed by atoms with Gasteiger partial charge < -0.3 is 10.6 Å². The predicted octanol–water partition coefficient (Wildman–Crippen LogP) is 5.00. The van der Waals surface area contributed by atoms with E-state index in [1.54, 1.807) is 0 Å². The number of halogens is 1. The summed E-state index contributed by atoms with van der Waals surface area (Å²) in [4.78, 5) is 20.9. The van der Waals surface area contributed by atoms with Crippen molar-refractivity contribution < 1.29 is 4.79 Å². The minimum absolute atomic E-state index is 0.239. The molecule has 0 unspecified atom stereocenters. The first-order chi connectivity index (χ1) is 12.6. The second-order valence-corrected chi connectivity index (χ2v) is 6.28. The normalized spacial score (nSPS) is 10.4. The molecule has 132 valence electrons. The number of carbonyl (C=O) groups excluding carboxylic acids is 1. The van der Waals surface area contributed by atoms with Gasteiger partial charge in [-0.2, -0.15) is 0 Å². The summed E-state index contributed by atoms with van der Waals surface area (Å²) in [6.07, 6.45) is 3.84. The standard InChI is InChI=1S/C20H19ClN4O/c1-3-14-6-4-5-7-17(14)24-19(26)15-11-22-20(23-12-15)25-18-10-16(21)9-8-13(18)2/h4-12H,3H2,1-2H3,(H,24,26)(H,22,23,25). The van der Waals surface area contributed by atoms with Crippen LogP contribution in [0, 0.1) is 6.92 Å². The highest BCUT2D eigenvalue weighted by Crippen LogP contribution is 2.22. The van der Waals surface area contributed by atoms with Gasteiger partial charge in [0.1, 0.15) is 0 Å². The van der Waals surface area contributed by atoms with E-state index >= 15 is 0 Å². The average Bonchev–Trinajstić information content (AvgIpc) is 2.65. The molecule has 0 bridgehead atoms. The van der Waals surface area contributed by atoms with Gasteiger partial charge >= 0.3 is 0 Å². The summed E-state index contributed by atoms with van der Waals surface area (Å²) in [5.41, 5.74) is 4.13. The molecule has 26 heavy (non-hydrogen) atoms. The summed E-state index contributed by atoms with van der Waals surface area (Å²) in [6.45, 7) is 4.01. The molecule has 5 nitrogen and oxygen atoms in total. The van der Waals surface area contributed by atoms with E-state index in [9.17, 15) is 4.79 Å². The Morgan fingerprint density at radius 3 is 2.54 bits per heavy atom. The average molecular weight is 367 g/mol. The summed E-state index contributed by atoms with van der Waals surface area (Å²) >= 11 is 6.02. The molecule has 2 aromatic carbocycles. The van der Waals surface area contributed by atoms with E-state index in [1.807, 2.05) is 56.3 Å². The number of carbonyl (C=O) groups is 1. The number of aryl methyl sites for hydroxylation is 2. The molecule has 1 heterocycles. The Balaban J connectivity index is 1.73. The molecule has 3 aromatic rings. The quantitative estimate of drug-likeness (QED) is 0.667. The van der Waals surface area contributed by atoms with Crippen molar-refractivity contribution in [2.24, 2.45) is 0 Å². The molecular formula is C20H19ClN4O. The zero-order valence-electron chi connectivity index (χ0n) is 14.6. The van der Waals surface area contributed by atoms with Crippen LogP contribution in [0.3, 0.4) is 0 Å². The maximum atomic E-state index is 12.4. The van der Waals surface area contributed by atoms with Crippen LogP contribution in [0.25, 0.3) is 0 Å². The highest BCUT2D eigenvalue weighted by atomic mass is 35.5. The number of hydrogen-bond donors (Lipinski definition) is 2. The molecule has 0 aliphatic carbocycles. The fraction of sp³-hybridized carbons (Fsp3) is 0.150. The first kappa shape index (κ1) is 17.9. The molecule has 0 fully saturated rings. The molecule has 0 atom stereocenters. The molecule has 0 spiro atoms. The fourth-order valence-corrected chi connectivity index (χ4v) is 2.68. The molecule has 0 saturated heterocycles. The van der Waals surface area contributed by atoms with Crippen LogP contribution in [0.2, 0.25) is 5.02 Å². The number of hydrogen-bond acceptors (Lipinski definition) is 4. The number of benzene rings is 2. The van der Waals surface area contributed by atoms with Gasteiger partial charge in [-0.05, 0) is 42.7 Å². The number of nitrogens with one attached hydrogen (secondary N) is 2. The van der Waals surface area contributed by atoms with Crippen LogP contribution in [0.4, 0.5) is 17.3 Å². The Labute approximate surface area is 157 Å². The zero-order chi connectivity index (χ0) is 18.5. The lowest BCUT2D eigenvalue weighted by molar-refractivity contribution is 0.102. The zero-order valence-corrected chi connectivity index (χ0v) is 15.3. The molecule has 2 N–H and O–H groups in total. The van der Waals surface area contributed by atoms with Crippen molar-refractivity contribution in [2.45, 2.75) is 20.3 Å². The first-order valence-corrected chi connectivity index (χ1v) is 8.69. The van der Waals surface area contributed by atoms with E-state index < -0.39 is 0 Å². The lowest BCUT2D eigenvalue weighted by atomic mass is 10.1. The number of para-hydroxylation sites is 1. The Bertz CT molecular complexity index is 925. The highest BCUT2D eigenvalue weighted by Gasteiger charge is 2.10. The summed E-state index contributed by atoms with van der Waals surface area (Å²) in [6, 6.07) is 13.3. The van der Waals surface area contributed by atoms with Gasteiger partial charge in [-0.3, -0.25) is 4.79 Å². The number of amides is 1. The predicted molar refractivity (Wildman–Crippen MR) is 105 cm³/mol. The van der Waals surface area contributed by atoms with Gasteiger partial charge in [-0.1, -0.05) is 42.8 Å². The molecule has 1 amide bonds. The Hall–Kier alpha value is -2.92. The van der Waals surface area contributed by atoms with Crippen LogP contribution in [0.1, 0.15) is 28.4 Å². The fourth-order valence-electron chi connectivity index (χ4n) is 2.50. The molecular weight excluding hydrogens is 348 g/mol. The third-order valence-electron chi connectivity index (χ3n) is 4.01. The number of anilines is 3. The number of aromatic nitrogens is 2. The topological polar surface area (TPSA) is 66.9 Å². The van der Waals surface area contributed by atoms with Crippen molar-refractivity contribution in [2.75, 3.05) is 10.6 Å². The minimum Gasteiger partial charge on any atom is -0.324 e. The smallest absolute Gasteiger partial charge is 0.258 e. The van der Waals surface area contributed by atoms with Crippen LogP contribution in [0.15, 0.2) is 54.9 Å². The van der Waals surface area contributed by atoms with E-state index in [2.05, 4.69) is 20.6 Å². The van der Waals surface area contributed by atoms with E-state index in [0.29, 0.717) is 16.5 Å². The van der Waals surface area contributed by atoms with E-state index in [1.165, 1.54) is 12.4 Å². The summed E-state index contributed by atoms with van der Waals surface area (Å²) < 4.78 is 0. The number of nitrogens with zero attached hydrogens (tertiary/aromatic N) is 2. The molecule has 0 radical (unpaired) electrons. The van der Waals surface area contributed by atoms with Gasteiger partial charge in [0.05, 0.1) is 5.56 Å². The van der Waals surface area contributed by atoms with Crippen LogP contribution >= 0.6 is 11.6 Å². The number of rotatable bonds is 5. The third kappa shape index (κ3) is 4.18. The van der Waals surface area contributed by atoms with E-state index in [4.69, 9.17) is 11.6 Å². The summed E-state index contributed by atoms with van der Waals surface area (Å²) in [7, 11) is 0. The second kappa shape index (κ2) is 7.97. The maximum absolute atomic E-state index is 12.4. The van der Waals surface area contributed by atoms with Crippen LogP contribution in [0.5, 0.6) is 0 Å². The highest BCUT2D eigenvalue weighted by molar-refractivity contribution is 6.30. The van der Waals surface area contributed by atoms with E-state index in [-0.39, 0.29) is 5.91 Å². The molecule has 1 aromatic heterocycles. The molecule has 3 rings (SSSR count). The minimum atomic E-state index is -0.239. The molecule has 6 heteroatoms. The Morgan fingerprint density at radius 2 is 1.81 bits per heavy atom. The van der Waals surface area contributed by atoms with Crippen LogP contribution in [-0.2, 0) is 6.42 Å².